The zero-order valence-corrected chi connectivity index (χ0v) is 11.9. The van der Waals surface area contributed by atoms with Crippen molar-refractivity contribution >= 4 is 17.1 Å². The number of imidazole rings is 1. The van der Waals surface area contributed by atoms with Gasteiger partial charge in [0.25, 0.3) is 5.56 Å². The summed E-state index contributed by atoms with van der Waals surface area (Å²) in [4.78, 5) is 39.7. The lowest BCUT2D eigenvalue weighted by atomic mass is 10.4. The summed E-state index contributed by atoms with van der Waals surface area (Å²) < 4.78 is 3.65. The van der Waals surface area contributed by atoms with Crippen LogP contribution in [0.25, 0.3) is 11.2 Å². The SMILES string of the molecule is Cn1c(=O)c2c(ncn2CC(=O)NCCCO)n(C)c1=O. The predicted molar refractivity (Wildman–Crippen MR) is 74.9 cm³/mol. The Labute approximate surface area is 119 Å². The highest BCUT2D eigenvalue weighted by molar-refractivity contribution is 5.78. The highest BCUT2D eigenvalue weighted by atomic mass is 16.3. The number of aliphatic hydroxyl groups is 1. The van der Waals surface area contributed by atoms with Crippen LogP contribution < -0.4 is 16.6 Å². The van der Waals surface area contributed by atoms with Crippen LogP contribution in [0.5, 0.6) is 0 Å². The van der Waals surface area contributed by atoms with Gasteiger partial charge in [-0.1, -0.05) is 0 Å². The molecule has 0 saturated carbocycles. The van der Waals surface area contributed by atoms with Gasteiger partial charge >= 0.3 is 5.69 Å². The van der Waals surface area contributed by atoms with Gasteiger partial charge in [-0.15, -0.1) is 0 Å². The average Bonchev–Trinajstić information content (AvgIpc) is 2.87. The second kappa shape index (κ2) is 5.92. The van der Waals surface area contributed by atoms with Gasteiger partial charge in [-0.2, -0.15) is 0 Å². The maximum absolute atomic E-state index is 12.1. The number of hydrogen-bond donors (Lipinski definition) is 2. The van der Waals surface area contributed by atoms with Crippen molar-refractivity contribution in [2.45, 2.75) is 13.0 Å². The maximum atomic E-state index is 12.1. The van der Waals surface area contributed by atoms with Crippen molar-refractivity contribution in [1.29, 1.82) is 0 Å². The Morgan fingerprint density at radius 3 is 2.71 bits per heavy atom. The first kappa shape index (κ1) is 15.0. The van der Waals surface area contributed by atoms with Gasteiger partial charge in [-0.3, -0.25) is 18.7 Å². The number of nitrogens with one attached hydrogen (secondary N) is 1. The van der Waals surface area contributed by atoms with Crippen LogP contribution in [-0.4, -0.2) is 42.9 Å². The average molecular weight is 295 g/mol. The molecule has 2 rings (SSSR count). The van der Waals surface area contributed by atoms with Crippen molar-refractivity contribution in [2.24, 2.45) is 14.1 Å². The smallest absolute Gasteiger partial charge is 0.332 e. The lowest BCUT2D eigenvalue weighted by Crippen LogP contribution is -2.38. The molecule has 2 aromatic rings. The van der Waals surface area contributed by atoms with Crippen molar-refractivity contribution in [2.75, 3.05) is 13.2 Å². The van der Waals surface area contributed by atoms with Gasteiger partial charge < -0.3 is 15.0 Å². The zero-order chi connectivity index (χ0) is 15.6. The fourth-order valence-corrected chi connectivity index (χ4v) is 2.03. The molecule has 0 saturated heterocycles. The molecule has 0 radical (unpaired) electrons. The van der Waals surface area contributed by atoms with Gasteiger partial charge in [-0.05, 0) is 6.42 Å². The third-order valence-electron chi connectivity index (χ3n) is 3.19. The number of hydrogen-bond acceptors (Lipinski definition) is 5. The van der Waals surface area contributed by atoms with E-state index in [1.54, 1.807) is 0 Å². The standard InChI is InChI=1S/C12H17N5O4/c1-15-10-9(11(20)16(2)12(15)21)17(7-14-10)6-8(19)13-4-3-5-18/h7,18H,3-6H2,1-2H3,(H,13,19). The maximum Gasteiger partial charge on any atom is 0.332 e. The molecule has 0 aliphatic rings. The first-order chi connectivity index (χ1) is 9.97. The molecule has 0 aliphatic carbocycles. The normalized spacial score (nSPS) is 11.0. The summed E-state index contributed by atoms with van der Waals surface area (Å²) in [7, 11) is 2.89. The Bertz CT molecular complexity index is 785. The molecule has 0 bridgehead atoms. The molecule has 21 heavy (non-hydrogen) atoms. The van der Waals surface area contributed by atoms with Crippen molar-refractivity contribution < 1.29 is 9.90 Å². The minimum atomic E-state index is -0.492. The molecule has 9 nitrogen and oxygen atoms in total. The number of amides is 1. The third kappa shape index (κ3) is 2.72. The van der Waals surface area contributed by atoms with Crippen LogP contribution in [0, 0.1) is 0 Å². The number of rotatable bonds is 5. The predicted octanol–water partition coefficient (Wildman–Crippen LogP) is -2.07. The summed E-state index contributed by atoms with van der Waals surface area (Å²) >= 11 is 0. The van der Waals surface area contributed by atoms with E-state index >= 15 is 0 Å². The van der Waals surface area contributed by atoms with Gasteiger partial charge in [-0.25, -0.2) is 9.78 Å². The van der Waals surface area contributed by atoms with Gasteiger partial charge in [0.05, 0.1) is 6.33 Å². The number of fused-ring (bicyclic) bond motifs is 1. The molecular formula is C12H17N5O4. The molecule has 0 fully saturated rings. The van der Waals surface area contributed by atoms with Gasteiger partial charge in [0.2, 0.25) is 5.91 Å². The molecule has 114 valence electrons. The Morgan fingerprint density at radius 2 is 2.05 bits per heavy atom. The molecule has 0 aromatic carbocycles. The number of carbonyl (C=O) groups is 1. The van der Waals surface area contributed by atoms with Crippen LogP contribution in [0.3, 0.4) is 0 Å². The van der Waals surface area contributed by atoms with Gasteiger partial charge in [0.15, 0.2) is 11.2 Å². The molecule has 0 spiro atoms. The Hall–Kier alpha value is -2.42. The Balaban J connectivity index is 2.37. The Morgan fingerprint density at radius 1 is 1.33 bits per heavy atom. The number of aryl methyl sites for hydroxylation is 1. The van der Waals surface area contributed by atoms with Gasteiger partial charge in [0, 0.05) is 27.2 Å². The van der Waals surface area contributed by atoms with E-state index in [9.17, 15) is 14.4 Å². The lowest BCUT2D eigenvalue weighted by molar-refractivity contribution is -0.121. The second-order valence-corrected chi connectivity index (χ2v) is 4.68. The summed E-state index contributed by atoms with van der Waals surface area (Å²) in [6.45, 7) is 0.283. The quantitative estimate of drug-likeness (QED) is 0.616. The summed E-state index contributed by atoms with van der Waals surface area (Å²) in [5, 5.41) is 11.3. The van der Waals surface area contributed by atoms with E-state index in [0.29, 0.717) is 13.0 Å². The van der Waals surface area contributed by atoms with Crippen molar-refractivity contribution in [3.63, 3.8) is 0 Å². The minimum Gasteiger partial charge on any atom is -0.396 e. The zero-order valence-electron chi connectivity index (χ0n) is 11.9. The molecule has 2 heterocycles. The molecular weight excluding hydrogens is 278 g/mol. The molecule has 1 amide bonds. The largest absolute Gasteiger partial charge is 0.396 e. The van der Waals surface area contributed by atoms with Crippen LogP contribution in [0.15, 0.2) is 15.9 Å². The summed E-state index contributed by atoms with van der Waals surface area (Å²) in [5.41, 5.74) is -0.512. The van der Waals surface area contributed by atoms with E-state index in [2.05, 4.69) is 10.3 Å². The first-order valence-corrected chi connectivity index (χ1v) is 6.45. The lowest BCUT2D eigenvalue weighted by Gasteiger charge is -2.07. The third-order valence-corrected chi connectivity index (χ3v) is 3.19. The van der Waals surface area contributed by atoms with Crippen LogP contribution in [0.1, 0.15) is 6.42 Å². The number of aliphatic hydroxyl groups excluding tert-OH is 1. The molecule has 0 unspecified atom stereocenters. The van der Waals surface area contributed by atoms with Crippen LogP contribution in [0.4, 0.5) is 0 Å². The second-order valence-electron chi connectivity index (χ2n) is 4.68. The number of carbonyl (C=O) groups excluding carboxylic acids is 1. The number of nitrogens with zero attached hydrogens (tertiary/aromatic N) is 4. The van der Waals surface area contributed by atoms with Crippen LogP contribution in [0.2, 0.25) is 0 Å². The van der Waals surface area contributed by atoms with E-state index < -0.39 is 11.2 Å². The monoisotopic (exact) mass is 295 g/mol. The van der Waals surface area contributed by atoms with Gasteiger partial charge in [0.1, 0.15) is 6.54 Å². The highest BCUT2D eigenvalue weighted by Crippen LogP contribution is 2.04. The van der Waals surface area contributed by atoms with Crippen molar-refractivity contribution in [3.8, 4) is 0 Å². The molecule has 2 N–H and O–H groups in total. The first-order valence-electron chi connectivity index (χ1n) is 6.45. The van der Waals surface area contributed by atoms with Crippen molar-refractivity contribution in [1.82, 2.24) is 24.0 Å². The highest BCUT2D eigenvalue weighted by Gasteiger charge is 2.15. The van der Waals surface area contributed by atoms with E-state index in [1.807, 2.05) is 0 Å². The van der Waals surface area contributed by atoms with Crippen LogP contribution >= 0.6 is 0 Å². The molecule has 0 atom stereocenters. The van der Waals surface area contributed by atoms with Crippen LogP contribution in [-0.2, 0) is 25.4 Å². The van der Waals surface area contributed by atoms with E-state index in [0.717, 1.165) is 4.57 Å². The summed E-state index contributed by atoms with van der Waals surface area (Å²) in [6.07, 6.45) is 1.82. The topological polar surface area (TPSA) is 111 Å². The fraction of sp³-hybridized carbons (Fsp3) is 0.500. The van der Waals surface area contributed by atoms with E-state index in [4.69, 9.17) is 5.11 Å². The molecule has 2 aromatic heterocycles. The summed E-state index contributed by atoms with van der Waals surface area (Å²) in [5.74, 6) is -0.293. The Kier molecular flexibility index (Phi) is 4.22. The van der Waals surface area contributed by atoms with Crippen molar-refractivity contribution in [3.05, 3.63) is 27.2 Å². The van der Waals surface area contributed by atoms with E-state index in [1.165, 1.54) is 29.6 Å². The fourth-order valence-electron chi connectivity index (χ4n) is 2.03. The minimum absolute atomic E-state index is 0.00304. The van der Waals surface area contributed by atoms with E-state index in [-0.39, 0.29) is 30.2 Å². The summed E-state index contributed by atoms with van der Waals surface area (Å²) in [6, 6.07) is 0. The molecule has 0 aliphatic heterocycles. The molecule has 9 heteroatoms. The number of aromatic nitrogens is 4.